The van der Waals surface area contributed by atoms with Gasteiger partial charge >= 0.3 is 13.4 Å². The Morgan fingerprint density at radius 1 is 1.44 bits per heavy atom. The summed E-state index contributed by atoms with van der Waals surface area (Å²) < 4.78 is 9.96. The number of hydrogen-bond acceptors (Lipinski definition) is 5. The fourth-order valence-corrected chi connectivity index (χ4v) is 1.50. The molecule has 1 aliphatic rings. The molecule has 1 rings (SSSR count). The monoisotopic (exact) mass is 231 g/mol. The fourth-order valence-electron chi connectivity index (χ4n) is 1.50. The highest BCUT2D eigenvalue weighted by atomic mass is 16.6. The minimum Gasteiger partial charge on any atom is -0.444 e. The second-order valence-corrected chi connectivity index (χ2v) is 4.80. The molecular weight excluding hydrogens is 213 g/mol. The van der Waals surface area contributed by atoms with Crippen LogP contribution in [0.4, 0.5) is 4.79 Å². The van der Waals surface area contributed by atoms with Gasteiger partial charge in [0.25, 0.3) is 0 Å². The molecule has 1 amide bonds. The van der Waals surface area contributed by atoms with Crippen molar-refractivity contribution >= 4 is 13.4 Å². The molecule has 6 nitrogen and oxygen atoms in total. The summed E-state index contributed by atoms with van der Waals surface area (Å²) in [5.74, 6) is 0. The van der Waals surface area contributed by atoms with Crippen LogP contribution in [0, 0.1) is 0 Å². The summed E-state index contributed by atoms with van der Waals surface area (Å²) in [6.07, 6.45) is -0.157. The molecule has 0 aliphatic carbocycles. The quantitative estimate of drug-likeness (QED) is 0.653. The third-order valence-electron chi connectivity index (χ3n) is 2.11. The molecule has 16 heavy (non-hydrogen) atoms. The van der Waals surface area contributed by atoms with Crippen molar-refractivity contribution in [3.05, 3.63) is 0 Å². The average molecular weight is 231 g/mol. The lowest BCUT2D eigenvalue weighted by molar-refractivity contribution is 0.0262. The van der Waals surface area contributed by atoms with E-state index in [1.807, 2.05) is 0 Å². The van der Waals surface area contributed by atoms with Gasteiger partial charge in [0, 0.05) is 13.1 Å². The lowest BCUT2D eigenvalue weighted by Crippen LogP contribution is -2.36. The van der Waals surface area contributed by atoms with Crippen LogP contribution in [0.2, 0.25) is 0 Å². The fraction of sp³-hybridized carbons (Fsp3) is 0.889. The molecule has 1 atom stereocenters. The Hall–Kier alpha value is -0.785. The van der Waals surface area contributed by atoms with Gasteiger partial charge in [-0.1, -0.05) is 0 Å². The highest BCUT2D eigenvalue weighted by molar-refractivity contribution is 6.32. The van der Waals surface area contributed by atoms with Crippen molar-refractivity contribution in [2.24, 2.45) is 0 Å². The van der Waals surface area contributed by atoms with Crippen LogP contribution in [0.25, 0.3) is 0 Å². The number of rotatable bonds is 2. The van der Waals surface area contributed by atoms with Crippen molar-refractivity contribution in [3.63, 3.8) is 0 Å². The van der Waals surface area contributed by atoms with Crippen molar-refractivity contribution in [2.75, 3.05) is 13.1 Å². The first kappa shape index (κ1) is 13.3. The van der Waals surface area contributed by atoms with E-state index in [9.17, 15) is 4.79 Å². The Kier molecular flexibility index (Phi) is 4.18. The normalized spacial score (nSPS) is 21.1. The Morgan fingerprint density at radius 3 is 2.56 bits per heavy atom. The largest absolute Gasteiger partial charge is 0.634 e. The maximum absolute atomic E-state index is 11.6. The van der Waals surface area contributed by atoms with Crippen LogP contribution in [0.1, 0.15) is 27.2 Å². The van der Waals surface area contributed by atoms with Crippen molar-refractivity contribution in [1.82, 2.24) is 4.90 Å². The second kappa shape index (κ2) is 5.03. The Balaban J connectivity index is 2.38. The van der Waals surface area contributed by atoms with Crippen LogP contribution in [0.15, 0.2) is 0 Å². The molecule has 0 aromatic rings. The predicted molar refractivity (Wildman–Crippen MR) is 57.5 cm³/mol. The van der Waals surface area contributed by atoms with E-state index >= 15 is 0 Å². The summed E-state index contributed by atoms with van der Waals surface area (Å²) in [6.45, 7) is 6.23. The molecule has 0 aromatic heterocycles. The smallest absolute Gasteiger partial charge is 0.444 e. The number of carbonyl (C=O) groups excluding carboxylic acids is 1. The first-order chi connectivity index (χ1) is 7.28. The zero-order chi connectivity index (χ0) is 12.3. The number of likely N-dealkylation sites (tertiary alicyclic amines) is 1. The first-order valence-electron chi connectivity index (χ1n) is 5.27. The van der Waals surface area contributed by atoms with Gasteiger partial charge in [-0.05, 0) is 27.2 Å². The molecule has 1 saturated heterocycles. The zero-order valence-electron chi connectivity index (χ0n) is 9.84. The van der Waals surface area contributed by atoms with Crippen LogP contribution in [-0.4, -0.2) is 53.2 Å². The average Bonchev–Trinajstić information content (AvgIpc) is 2.48. The molecule has 1 fully saturated rings. The predicted octanol–water partition coefficient (Wildman–Crippen LogP) is -0.0181. The molecule has 0 radical (unpaired) electrons. The van der Waals surface area contributed by atoms with E-state index < -0.39 is 19.0 Å². The number of ether oxygens (including phenoxy) is 1. The minimum atomic E-state index is -1.79. The Morgan fingerprint density at radius 2 is 2.06 bits per heavy atom. The Labute approximate surface area is 95.3 Å². The second-order valence-electron chi connectivity index (χ2n) is 4.80. The van der Waals surface area contributed by atoms with Crippen molar-refractivity contribution in [3.8, 4) is 0 Å². The summed E-state index contributed by atoms with van der Waals surface area (Å²) >= 11 is 0. The van der Waals surface area contributed by atoms with Gasteiger partial charge in [-0.25, -0.2) is 4.79 Å². The van der Waals surface area contributed by atoms with Crippen LogP contribution < -0.4 is 0 Å². The lowest BCUT2D eigenvalue weighted by Gasteiger charge is -2.24. The van der Waals surface area contributed by atoms with Gasteiger partial charge in [-0.2, -0.15) is 0 Å². The van der Waals surface area contributed by atoms with E-state index in [4.69, 9.17) is 19.4 Å². The number of amides is 1. The number of nitrogens with zero attached hydrogens (tertiary/aromatic N) is 1. The molecule has 0 spiro atoms. The first-order valence-corrected chi connectivity index (χ1v) is 5.27. The summed E-state index contributed by atoms with van der Waals surface area (Å²) in [7, 11) is -1.79. The van der Waals surface area contributed by atoms with Crippen LogP contribution in [-0.2, 0) is 9.39 Å². The highest BCUT2D eigenvalue weighted by Crippen LogP contribution is 2.17. The SMILES string of the molecule is CC(C)(C)OC(=O)N1CCC(OB(O)O)C1. The minimum absolute atomic E-state index is 0.326. The molecule has 92 valence electrons. The molecule has 1 heterocycles. The van der Waals surface area contributed by atoms with Crippen LogP contribution in [0.5, 0.6) is 0 Å². The van der Waals surface area contributed by atoms with Crippen LogP contribution in [0.3, 0.4) is 0 Å². The van der Waals surface area contributed by atoms with Gasteiger partial charge < -0.3 is 24.3 Å². The Bertz CT molecular complexity index is 253. The molecular formula is C9H18BNO5. The third-order valence-corrected chi connectivity index (χ3v) is 2.11. The lowest BCUT2D eigenvalue weighted by atomic mass is 10.2. The van der Waals surface area contributed by atoms with Gasteiger partial charge in [0.05, 0.1) is 6.10 Å². The number of hydrogen-bond donors (Lipinski definition) is 2. The van der Waals surface area contributed by atoms with Gasteiger partial charge in [-0.3, -0.25) is 0 Å². The topological polar surface area (TPSA) is 79.2 Å². The molecule has 2 N–H and O–H groups in total. The van der Waals surface area contributed by atoms with E-state index in [0.717, 1.165) is 0 Å². The summed E-state index contributed by atoms with van der Waals surface area (Å²) in [6, 6.07) is 0. The van der Waals surface area contributed by atoms with Crippen molar-refractivity contribution in [2.45, 2.75) is 38.9 Å². The van der Waals surface area contributed by atoms with Gasteiger partial charge in [0.15, 0.2) is 0 Å². The summed E-state index contributed by atoms with van der Waals surface area (Å²) in [5, 5.41) is 17.2. The van der Waals surface area contributed by atoms with Gasteiger partial charge in [0.1, 0.15) is 5.60 Å². The standard InChI is InChI=1S/C9H18BNO5/c1-9(2,3)15-8(12)11-5-4-7(6-11)16-10(13)14/h7,13-14H,4-6H2,1-3H3. The summed E-state index contributed by atoms with van der Waals surface area (Å²) in [4.78, 5) is 13.1. The van der Waals surface area contributed by atoms with Crippen molar-refractivity contribution < 1.29 is 24.2 Å². The molecule has 0 bridgehead atoms. The summed E-state index contributed by atoms with van der Waals surface area (Å²) in [5.41, 5.74) is -0.521. The maximum atomic E-state index is 11.6. The molecule has 1 aliphatic heterocycles. The van der Waals surface area contributed by atoms with Crippen molar-refractivity contribution in [1.29, 1.82) is 0 Å². The number of carbonyl (C=O) groups is 1. The van der Waals surface area contributed by atoms with Gasteiger partial charge in [0.2, 0.25) is 0 Å². The third kappa shape index (κ3) is 4.38. The van der Waals surface area contributed by atoms with E-state index in [2.05, 4.69) is 0 Å². The molecule has 0 aromatic carbocycles. The molecule has 0 saturated carbocycles. The van der Waals surface area contributed by atoms with E-state index in [1.54, 1.807) is 20.8 Å². The molecule has 1 unspecified atom stereocenters. The molecule has 7 heteroatoms. The van der Waals surface area contributed by atoms with Gasteiger partial charge in [-0.15, -0.1) is 0 Å². The highest BCUT2D eigenvalue weighted by Gasteiger charge is 2.31. The zero-order valence-corrected chi connectivity index (χ0v) is 9.84. The van der Waals surface area contributed by atoms with E-state index in [-0.39, 0.29) is 6.10 Å². The van der Waals surface area contributed by atoms with E-state index in [1.165, 1.54) is 4.90 Å². The van der Waals surface area contributed by atoms with E-state index in [0.29, 0.717) is 19.5 Å². The van der Waals surface area contributed by atoms with Crippen LogP contribution >= 0.6 is 0 Å². The maximum Gasteiger partial charge on any atom is 0.634 e.